The van der Waals surface area contributed by atoms with Crippen LogP contribution in [0.3, 0.4) is 0 Å². The highest BCUT2D eigenvalue weighted by molar-refractivity contribution is 7.98. The maximum Gasteiger partial charge on any atom is 0.237 e. The van der Waals surface area contributed by atoms with E-state index in [0.29, 0.717) is 17.5 Å². The van der Waals surface area contributed by atoms with Crippen LogP contribution >= 0.6 is 11.8 Å². The molecule has 0 amide bonds. The maximum atomic E-state index is 5.53. The van der Waals surface area contributed by atoms with Gasteiger partial charge in [0.05, 0.1) is 5.75 Å². The Hall–Kier alpha value is -3.71. The Morgan fingerprint density at radius 1 is 0.853 bits per heavy atom. The zero-order valence-electron chi connectivity index (χ0n) is 19.2. The fourth-order valence-corrected chi connectivity index (χ4v) is 4.66. The third-order valence-electron chi connectivity index (χ3n) is 5.62. The first kappa shape index (κ1) is 22.1. The zero-order valence-corrected chi connectivity index (χ0v) is 20.0. The van der Waals surface area contributed by atoms with Crippen molar-refractivity contribution in [3.8, 4) is 17.1 Å². The Kier molecular flexibility index (Phi) is 6.53. The van der Waals surface area contributed by atoms with Crippen LogP contribution in [0.1, 0.15) is 28.4 Å². The number of hydrogen-bond acceptors (Lipinski definition) is 6. The second-order valence-corrected chi connectivity index (χ2v) is 9.12. The molecule has 3 aromatic carbocycles. The third kappa shape index (κ3) is 4.94. The number of aromatic nitrogens is 5. The maximum absolute atomic E-state index is 5.53. The van der Waals surface area contributed by atoms with Gasteiger partial charge in [0.25, 0.3) is 0 Å². The van der Waals surface area contributed by atoms with E-state index in [0.717, 1.165) is 40.6 Å². The van der Waals surface area contributed by atoms with Gasteiger partial charge in [-0.25, -0.2) is 0 Å². The molecule has 0 bridgehead atoms. The topological polar surface area (TPSA) is 69.6 Å². The van der Waals surface area contributed by atoms with Gasteiger partial charge in [-0.1, -0.05) is 83.6 Å². The highest BCUT2D eigenvalue weighted by Gasteiger charge is 2.17. The molecule has 0 atom stereocenters. The van der Waals surface area contributed by atoms with Gasteiger partial charge < -0.3 is 4.52 Å². The summed E-state index contributed by atoms with van der Waals surface area (Å²) in [7, 11) is 0. The minimum atomic E-state index is 0.515. The van der Waals surface area contributed by atoms with Gasteiger partial charge in [-0.15, -0.1) is 10.2 Å². The molecule has 2 aromatic heterocycles. The number of aryl methyl sites for hydroxylation is 4. The van der Waals surface area contributed by atoms with Gasteiger partial charge in [-0.05, 0) is 49.1 Å². The van der Waals surface area contributed by atoms with Gasteiger partial charge in [-0.3, -0.25) is 4.57 Å². The first-order chi connectivity index (χ1) is 16.7. The van der Waals surface area contributed by atoms with E-state index in [4.69, 9.17) is 4.52 Å². The molecule has 0 spiro atoms. The summed E-state index contributed by atoms with van der Waals surface area (Å²) in [4.78, 5) is 4.60. The van der Waals surface area contributed by atoms with Gasteiger partial charge in [0.2, 0.25) is 11.7 Å². The third-order valence-corrected chi connectivity index (χ3v) is 6.53. The van der Waals surface area contributed by atoms with E-state index in [-0.39, 0.29) is 0 Å². The van der Waals surface area contributed by atoms with Crippen molar-refractivity contribution in [3.63, 3.8) is 0 Å². The van der Waals surface area contributed by atoms with E-state index in [1.807, 2.05) is 37.3 Å². The molecular formula is C27H25N5OS. The largest absolute Gasteiger partial charge is 0.338 e. The van der Waals surface area contributed by atoms with Crippen molar-refractivity contribution in [2.45, 2.75) is 37.6 Å². The van der Waals surface area contributed by atoms with Crippen molar-refractivity contribution in [1.29, 1.82) is 0 Å². The Morgan fingerprint density at radius 3 is 2.50 bits per heavy atom. The summed E-state index contributed by atoms with van der Waals surface area (Å²) in [5.74, 6) is 2.62. The molecule has 0 aliphatic carbocycles. The summed E-state index contributed by atoms with van der Waals surface area (Å²) in [5.41, 5.74) is 5.63. The van der Waals surface area contributed by atoms with Crippen LogP contribution in [-0.2, 0) is 18.6 Å². The summed E-state index contributed by atoms with van der Waals surface area (Å²) in [5, 5.41) is 14.0. The van der Waals surface area contributed by atoms with Crippen molar-refractivity contribution < 1.29 is 4.52 Å². The molecule has 0 aliphatic rings. The fraction of sp³-hybridized carbons (Fsp3) is 0.185. The first-order valence-electron chi connectivity index (χ1n) is 11.2. The van der Waals surface area contributed by atoms with Crippen LogP contribution < -0.4 is 0 Å². The Labute approximate surface area is 203 Å². The second kappa shape index (κ2) is 10.1. The van der Waals surface area contributed by atoms with Crippen LogP contribution in [0.2, 0.25) is 0 Å². The lowest BCUT2D eigenvalue weighted by Crippen LogP contribution is -2.05. The highest BCUT2D eigenvalue weighted by Crippen LogP contribution is 2.27. The van der Waals surface area contributed by atoms with Crippen LogP contribution in [0.4, 0.5) is 0 Å². The molecule has 0 unspecified atom stereocenters. The molecule has 0 aliphatic heterocycles. The Bertz CT molecular complexity index is 1390. The normalized spacial score (nSPS) is 11.1. The summed E-state index contributed by atoms with van der Waals surface area (Å²) < 4.78 is 7.67. The van der Waals surface area contributed by atoms with Crippen LogP contribution in [0.15, 0.2) is 88.5 Å². The number of benzene rings is 3. The zero-order chi connectivity index (χ0) is 23.3. The smallest absolute Gasteiger partial charge is 0.237 e. The number of hydrogen-bond donors (Lipinski definition) is 0. The molecule has 34 heavy (non-hydrogen) atoms. The summed E-state index contributed by atoms with van der Waals surface area (Å²) in [6.07, 6.45) is 1.70. The predicted molar refractivity (Wildman–Crippen MR) is 134 cm³/mol. The number of rotatable bonds is 8. The van der Waals surface area contributed by atoms with E-state index in [1.54, 1.807) is 11.8 Å². The molecule has 5 aromatic rings. The average molecular weight is 468 g/mol. The van der Waals surface area contributed by atoms with Crippen LogP contribution in [0.25, 0.3) is 17.1 Å². The molecule has 6 nitrogen and oxygen atoms in total. The average Bonchev–Trinajstić information content (AvgIpc) is 3.49. The predicted octanol–water partition coefficient (Wildman–Crippen LogP) is 6.01. The van der Waals surface area contributed by atoms with Gasteiger partial charge in [0.1, 0.15) is 5.82 Å². The highest BCUT2D eigenvalue weighted by atomic mass is 32.2. The summed E-state index contributed by atoms with van der Waals surface area (Å²) >= 11 is 1.55. The molecular weight excluding hydrogens is 442 g/mol. The van der Waals surface area contributed by atoms with Gasteiger partial charge in [0, 0.05) is 17.7 Å². The molecule has 5 rings (SSSR count). The van der Waals surface area contributed by atoms with E-state index >= 15 is 0 Å². The molecule has 0 N–H and O–H groups in total. The number of nitrogens with zero attached hydrogens (tertiary/aromatic N) is 5. The molecule has 0 saturated carbocycles. The lowest BCUT2D eigenvalue weighted by atomic mass is 10.1. The fourth-order valence-electron chi connectivity index (χ4n) is 3.86. The van der Waals surface area contributed by atoms with E-state index in [9.17, 15) is 0 Å². The minimum Gasteiger partial charge on any atom is -0.338 e. The number of thioether (sulfide) groups is 1. The van der Waals surface area contributed by atoms with Crippen LogP contribution in [-0.4, -0.2) is 24.9 Å². The minimum absolute atomic E-state index is 0.515. The van der Waals surface area contributed by atoms with Crippen molar-refractivity contribution >= 4 is 11.8 Å². The van der Waals surface area contributed by atoms with E-state index < -0.39 is 0 Å². The van der Waals surface area contributed by atoms with Crippen LogP contribution in [0, 0.1) is 13.8 Å². The van der Waals surface area contributed by atoms with Crippen molar-refractivity contribution in [3.05, 3.63) is 107 Å². The lowest BCUT2D eigenvalue weighted by Gasteiger charge is -2.10. The van der Waals surface area contributed by atoms with Gasteiger partial charge in [-0.2, -0.15) is 4.98 Å². The van der Waals surface area contributed by atoms with Crippen molar-refractivity contribution in [1.82, 2.24) is 24.9 Å². The Morgan fingerprint density at radius 2 is 1.68 bits per heavy atom. The molecule has 7 heteroatoms. The monoisotopic (exact) mass is 467 g/mol. The Balaban J connectivity index is 1.38. The lowest BCUT2D eigenvalue weighted by molar-refractivity contribution is 0.391. The summed E-state index contributed by atoms with van der Waals surface area (Å²) in [6.45, 7) is 4.14. The molecule has 0 radical (unpaired) electrons. The standard InChI is InChI=1S/C27H25N5OS/c1-19-9-8-13-22(17-19)32-24(16-15-21-11-4-3-5-12-21)29-30-27(32)34-18-25-28-26(31-33-25)23-14-7-6-10-20(23)2/h3-14,17H,15-16,18H2,1-2H3. The van der Waals surface area contributed by atoms with E-state index in [1.165, 1.54) is 11.1 Å². The molecule has 0 saturated heterocycles. The first-order valence-corrected chi connectivity index (χ1v) is 12.2. The van der Waals surface area contributed by atoms with Crippen molar-refractivity contribution in [2.75, 3.05) is 0 Å². The van der Waals surface area contributed by atoms with Gasteiger partial charge in [0.15, 0.2) is 5.16 Å². The SMILES string of the molecule is Cc1cccc(-n2c(CCc3ccccc3)nnc2SCc2nc(-c3ccccc3C)no2)c1. The molecule has 170 valence electrons. The molecule has 0 fully saturated rings. The summed E-state index contributed by atoms with van der Waals surface area (Å²) in [6, 6.07) is 26.9. The quantitative estimate of drug-likeness (QED) is 0.260. The second-order valence-electron chi connectivity index (χ2n) is 8.17. The van der Waals surface area contributed by atoms with Crippen molar-refractivity contribution in [2.24, 2.45) is 0 Å². The molecule has 2 heterocycles. The van der Waals surface area contributed by atoms with E-state index in [2.05, 4.69) is 80.4 Å². The van der Waals surface area contributed by atoms with Gasteiger partial charge >= 0.3 is 0 Å². The van der Waals surface area contributed by atoms with Crippen LogP contribution in [0.5, 0.6) is 0 Å².